The molecule has 1 unspecified atom stereocenters. The smallest absolute Gasteiger partial charge is 0.247 e. The number of ether oxygens (including phenoxy) is 1. The first-order valence-corrected chi connectivity index (χ1v) is 7.81. The maximum atomic E-state index is 12.7. The predicted octanol–water partition coefficient (Wildman–Crippen LogP) is 1.12. The summed E-state index contributed by atoms with van der Waals surface area (Å²) in [4.78, 5) is 0.232. The first-order chi connectivity index (χ1) is 9.00. The summed E-state index contributed by atoms with van der Waals surface area (Å²) in [7, 11) is -2.06. The SMILES string of the molecule is COc1ccc(C)cc1S(=O)(=O)N1CCCC1CN. The molecule has 2 N–H and O–H groups in total. The average molecular weight is 284 g/mol. The van der Waals surface area contributed by atoms with Crippen molar-refractivity contribution < 1.29 is 13.2 Å². The number of hydrogen-bond donors (Lipinski definition) is 1. The summed E-state index contributed by atoms with van der Waals surface area (Å²) in [5.41, 5.74) is 6.55. The van der Waals surface area contributed by atoms with Crippen LogP contribution in [-0.4, -0.2) is 39.0 Å². The molecule has 1 fully saturated rings. The van der Waals surface area contributed by atoms with E-state index in [2.05, 4.69) is 0 Å². The van der Waals surface area contributed by atoms with Gasteiger partial charge in [0.25, 0.3) is 0 Å². The lowest BCUT2D eigenvalue weighted by Gasteiger charge is -2.24. The van der Waals surface area contributed by atoms with E-state index in [-0.39, 0.29) is 10.9 Å². The molecule has 1 atom stereocenters. The molecule has 0 amide bonds. The van der Waals surface area contributed by atoms with E-state index in [9.17, 15) is 8.42 Å². The van der Waals surface area contributed by atoms with Gasteiger partial charge in [-0.1, -0.05) is 6.07 Å². The number of sulfonamides is 1. The van der Waals surface area contributed by atoms with Crippen LogP contribution in [0.1, 0.15) is 18.4 Å². The Morgan fingerprint density at radius 3 is 2.84 bits per heavy atom. The molecule has 6 heteroatoms. The van der Waals surface area contributed by atoms with Crippen molar-refractivity contribution in [2.75, 3.05) is 20.2 Å². The maximum absolute atomic E-state index is 12.7. The van der Waals surface area contributed by atoms with E-state index in [0.717, 1.165) is 18.4 Å². The fourth-order valence-electron chi connectivity index (χ4n) is 2.47. The van der Waals surface area contributed by atoms with Crippen LogP contribution in [0.25, 0.3) is 0 Å². The van der Waals surface area contributed by atoms with E-state index < -0.39 is 10.0 Å². The van der Waals surface area contributed by atoms with E-state index in [4.69, 9.17) is 10.5 Å². The minimum Gasteiger partial charge on any atom is -0.495 e. The molecule has 0 aliphatic carbocycles. The minimum absolute atomic E-state index is 0.102. The Morgan fingerprint density at radius 1 is 1.47 bits per heavy atom. The summed E-state index contributed by atoms with van der Waals surface area (Å²) in [6.45, 7) is 2.75. The Morgan fingerprint density at radius 2 is 2.21 bits per heavy atom. The van der Waals surface area contributed by atoms with Gasteiger partial charge in [0.15, 0.2) is 0 Å². The highest BCUT2D eigenvalue weighted by Crippen LogP contribution is 2.31. The van der Waals surface area contributed by atoms with Crippen molar-refractivity contribution in [1.29, 1.82) is 0 Å². The Labute approximate surface area is 114 Å². The van der Waals surface area contributed by atoms with Gasteiger partial charge < -0.3 is 10.5 Å². The van der Waals surface area contributed by atoms with Gasteiger partial charge in [-0.05, 0) is 37.5 Å². The van der Waals surface area contributed by atoms with Gasteiger partial charge in [0.1, 0.15) is 10.6 Å². The zero-order valence-corrected chi connectivity index (χ0v) is 12.1. The molecule has 0 radical (unpaired) electrons. The fraction of sp³-hybridized carbons (Fsp3) is 0.538. The van der Waals surface area contributed by atoms with Gasteiger partial charge >= 0.3 is 0 Å². The van der Waals surface area contributed by atoms with Crippen LogP contribution in [0.15, 0.2) is 23.1 Å². The number of aryl methyl sites for hydroxylation is 1. The van der Waals surface area contributed by atoms with Crippen LogP contribution in [0.5, 0.6) is 5.75 Å². The second kappa shape index (κ2) is 5.48. The second-order valence-corrected chi connectivity index (χ2v) is 6.66. The third-order valence-corrected chi connectivity index (χ3v) is 5.47. The van der Waals surface area contributed by atoms with Crippen molar-refractivity contribution in [2.45, 2.75) is 30.7 Å². The molecule has 1 aliphatic heterocycles. The van der Waals surface area contributed by atoms with Crippen molar-refractivity contribution in [3.8, 4) is 5.75 Å². The van der Waals surface area contributed by atoms with Crippen molar-refractivity contribution >= 4 is 10.0 Å². The molecule has 2 rings (SSSR count). The molecule has 1 aromatic rings. The Hall–Kier alpha value is -1.11. The van der Waals surface area contributed by atoms with Gasteiger partial charge in [0, 0.05) is 19.1 Å². The molecule has 5 nitrogen and oxygen atoms in total. The first-order valence-electron chi connectivity index (χ1n) is 6.37. The number of nitrogens with two attached hydrogens (primary N) is 1. The fourth-order valence-corrected chi connectivity index (χ4v) is 4.42. The molecule has 1 aromatic carbocycles. The van der Waals surface area contributed by atoms with E-state index in [1.807, 2.05) is 13.0 Å². The molecular weight excluding hydrogens is 264 g/mol. The average Bonchev–Trinajstić information content (AvgIpc) is 2.87. The summed E-state index contributed by atoms with van der Waals surface area (Å²) in [6.07, 6.45) is 1.68. The molecule has 0 spiro atoms. The second-order valence-electron chi connectivity index (χ2n) is 4.80. The van der Waals surface area contributed by atoms with Gasteiger partial charge in [0.2, 0.25) is 10.0 Å². The Kier molecular flexibility index (Phi) is 4.13. The van der Waals surface area contributed by atoms with E-state index in [0.29, 0.717) is 18.8 Å². The Bertz CT molecular complexity index is 557. The Balaban J connectivity index is 2.47. The first kappa shape index (κ1) is 14.3. The maximum Gasteiger partial charge on any atom is 0.247 e. The van der Waals surface area contributed by atoms with Crippen LogP contribution in [0, 0.1) is 6.92 Å². The van der Waals surface area contributed by atoms with Crippen LogP contribution >= 0.6 is 0 Å². The van der Waals surface area contributed by atoms with Crippen molar-refractivity contribution in [2.24, 2.45) is 5.73 Å². The highest BCUT2D eigenvalue weighted by Gasteiger charge is 2.36. The largest absolute Gasteiger partial charge is 0.495 e. The molecule has 1 heterocycles. The molecule has 0 bridgehead atoms. The third kappa shape index (κ3) is 2.61. The van der Waals surface area contributed by atoms with Gasteiger partial charge in [-0.3, -0.25) is 0 Å². The molecule has 0 aromatic heterocycles. The highest BCUT2D eigenvalue weighted by atomic mass is 32.2. The van der Waals surface area contributed by atoms with E-state index >= 15 is 0 Å². The van der Waals surface area contributed by atoms with Crippen LogP contribution in [0.4, 0.5) is 0 Å². The zero-order chi connectivity index (χ0) is 14.0. The summed E-state index contributed by atoms with van der Waals surface area (Å²) in [5.74, 6) is 0.383. The normalized spacial score (nSPS) is 20.7. The number of methoxy groups -OCH3 is 1. The molecule has 0 saturated carbocycles. The standard InChI is InChI=1S/C13H20N2O3S/c1-10-5-6-12(18-2)13(8-10)19(16,17)15-7-3-4-11(15)9-14/h5-6,8,11H,3-4,7,9,14H2,1-2H3. The van der Waals surface area contributed by atoms with Gasteiger partial charge in [-0.25, -0.2) is 8.42 Å². The lowest BCUT2D eigenvalue weighted by molar-refractivity contribution is 0.379. The molecular formula is C13H20N2O3S. The summed E-state index contributed by atoms with van der Waals surface area (Å²) in [5, 5.41) is 0. The molecule has 19 heavy (non-hydrogen) atoms. The lowest BCUT2D eigenvalue weighted by Crippen LogP contribution is -2.40. The number of rotatable bonds is 4. The van der Waals surface area contributed by atoms with Crippen LogP contribution < -0.4 is 10.5 Å². The zero-order valence-electron chi connectivity index (χ0n) is 11.3. The molecule has 1 saturated heterocycles. The van der Waals surface area contributed by atoms with Crippen molar-refractivity contribution in [3.63, 3.8) is 0 Å². The summed E-state index contributed by atoms with van der Waals surface area (Å²) in [6, 6.07) is 5.08. The number of benzene rings is 1. The highest BCUT2D eigenvalue weighted by molar-refractivity contribution is 7.89. The number of nitrogens with zero attached hydrogens (tertiary/aromatic N) is 1. The van der Waals surface area contributed by atoms with Gasteiger partial charge in [-0.2, -0.15) is 4.31 Å². The third-order valence-electron chi connectivity index (χ3n) is 3.50. The van der Waals surface area contributed by atoms with Crippen molar-refractivity contribution in [1.82, 2.24) is 4.31 Å². The van der Waals surface area contributed by atoms with E-state index in [1.54, 1.807) is 12.1 Å². The summed E-state index contributed by atoms with van der Waals surface area (Å²) >= 11 is 0. The van der Waals surface area contributed by atoms with Gasteiger partial charge in [0.05, 0.1) is 7.11 Å². The predicted molar refractivity (Wildman–Crippen MR) is 73.7 cm³/mol. The van der Waals surface area contributed by atoms with E-state index in [1.165, 1.54) is 11.4 Å². The van der Waals surface area contributed by atoms with Crippen molar-refractivity contribution in [3.05, 3.63) is 23.8 Å². The quantitative estimate of drug-likeness (QED) is 0.899. The molecule has 1 aliphatic rings. The topological polar surface area (TPSA) is 72.6 Å². The van der Waals surface area contributed by atoms with Crippen LogP contribution in [-0.2, 0) is 10.0 Å². The van der Waals surface area contributed by atoms with Crippen LogP contribution in [0.3, 0.4) is 0 Å². The minimum atomic E-state index is -3.54. The van der Waals surface area contributed by atoms with Crippen LogP contribution in [0.2, 0.25) is 0 Å². The summed E-state index contributed by atoms with van der Waals surface area (Å²) < 4.78 is 32.1. The monoisotopic (exact) mass is 284 g/mol. The molecule has 106 valence electrons. The lowest BCUT2D eigenvalue weighted by atomic mass is 10.2. The number of hydrogen-bond acceptors (Lipinski definition) is 4. The van der Waals surface area contributed by atoms with Gasteiger partial charge in [-0.15, -0.1) is 0 Å².